The third-order valence-corrected chi connectivity index (χ3v) is 6.66. The van der Waals surface area contributed by atoms with Crippen molar-refractivity contribution in [1.82, 2.24) is 10.3 Å². The number of anilines is 1. The van der Waals surface area contributed by atoms with E-state index < -0.39 is 5.41 Å². The van der Waals surface area contributed by atoms with Gasteiger partial charge in [0.25, 0.3) is 5.91 Å². The van der Waals surface area contributed by atoms with Crippen LogP contribution in [0.3, 0.4) is 0 Å². The van der Waals surface area contributed by atoms with Crippen LogP contribution in [-0.4, -0.2) is 16.8 Å². The molecular weight excluding hydrogens is 442 g/mol. The molecule has 8 heteroatoms. The fraction of sp³-hybridized carbons (Fsp3) is 0.208. The molecular formula is C24H23N3O3S2. The largest absolute Gasteiger partial charge is 0.459 e. The minimum Gasteiger partial charge on any atom is -0.459 e. The van der Waals surface area contributed by atoms with Crippen molar-refractivity contribution < 1.29 is 14.0 Å². The first kappa shape index (κ1) is 22.0. The van der Waals surface area contributed by atoms with Crippen LogP contribution in [0, 0.1) is 5.41 Å². The molecule has 0 saturated heterocycles. The zero-order valence-electron chi connectivity index (χ0n) is 18.0. The number of hydrogen-bond acceptors (Lipinski definition) is 6. The summed E-state index contributed by atoms with van der Waals surface area (Å²) < 4.78 is 5.11. The lowest BCUT2D eigenvalue weighted by atomic mass is 9.96. The number of benzene rings is 1. The molecule has 1 aromatic carbocycles. The molecule has 0 fully saturated rings. The van der Waals surface area contributed by atoms with Gasteiger partial charge in [-0.05, 0) is 48.5 Å². The van der Waals surface area contributed by atoms with E-state index in [2.05, 4.69) is 10.6 Å². The predicted molar refractivity (Wildman–Crippen MR) is 129 cm³/mol. The summed E-state index contributed by atoms with van der Waals surface area (Å²) in [4.78, 5) is 31.1. The molecule has 2 N–H and O–H groups in total. The van der Waals surface area contributed by atoms with Crippen LogP contribution >= 0.6 is 22.7 Å². The molecule has 32 heavy (non-hydrogen) atoms. The minimum atomic E-state index is -0.402. The summed E-state index contributed by atoms with van der Waals surface area (Å²) in [6, 6.07) is 14.9. The van der Waals surface area contributed by atoms with Crippen LogP contribution in [0.5, 0.6) is 0 Å². The molecule has 3 heterocycles. The topological polar surface area (TPSA) is 84.2 Å². The van der Waals surface area contributed by atoms with Gasteiger partial charge >= 0.3 is 0 Å². The number of carbonyl (C=O) groups excluding carboxylic acids is 2. The lowest BCUT2D eigenvalue weighted by Gasteiger charge is -2.17. The molecule has 0 radical (unpaired) electrons. The lowest BCUT2D eigenvalue weighted by molar-refractivity contribution is -0.128. The number of carbonyl (C=O) groups is 2. The smallest absolute Gasteiger partial charge is 0.291 e. The molecule has 0 unspecified atom stereocenters. The average molecular weight is 466 g/mol. The maximum absolute atomic E-state index is 12.1. The molecule has 0 atom stereocenters. The molecule has 4 aromatic rings. The molecule has 0 spiro atoms. The maximum atomic E-state index is 12.1. The zero-order chi connectivity index (χ0) is 22.7. The summed E-state index contributed by atoms with van der Waals surface area (Å²) in [6.07, 6.45) is 1.47. The highest BCUT2D eigenvalue weighted by Crippen LogP contribution is 2.33. The summed E-state index contributed by atoms with van der Waals surface area (Å²) >= 11 is 3.20. The summed E-state index contributed by atoms with van der Waals surface area (Å²) in [5.74, 6) is 0.0191. The molecule has 0 saturated carbocycles. The molecule has 3 aromatic heterocycles. The van der Waals surface area contributed by atoms with Crippen molar-refractivity contribution in [3.63, 3.8) is 0 Å². The second kappa shape index (κ2) is 9.10. The van der Waals surface area contributed by atoms with Crippen molar-refractivity contribution in [1.29, 1.82) is 0 Å². The zero-order valence-corrected chi connectivity index (χ0v) is 19.6. The van der Waals surface area contributed by atoms with E-state index in [1.54, 1.807) is 34.8 Å². The Morgan fingerprint density at radius 2 is 1.84 bits per heavy atom. The van der Waals surface area contributed by atoms with Gasteiger partial charge in [0.15, 0.2) is 5.76 Å². The standard InChI is InChI=1S/C24H23N3O3S2/c1-24(2,3)23(29)25-13-17-10-11-20(32-17)18-14-31-22(27-18)15-6-8-16(9-7-15)26-21(28)19-5-4-12-30-19/h4-12,14H,13H2,1-3H3,(H,25,29)(H,26,28). The number of thiazole rings is 1. The molecule has 0 aliphatic rings. The van der Waals surface area contributed by atoms with Crippen LogP contribution in [0.4, 0.5) is 5.69 Å². The van der Waals surface area contributed by atoms with Gasteiger partial charge in [-0.1, -0.05) is 20.8 Å². The van der Waals surface area contributed by atoms with Gasteiger partial charge in [-0.3, -0.25) is 9.59 Å². The van der Waals surface area contributed by atoms with Crippen molar-refractivity contribution in [2.45, 2.75) is 27.3 Å². The minimum absolute atomic E-state index is 0.0344. The Morgan fingerprint density at radius 1 is 1.06 bits per heavy atom. The second-order valence-electron chi connectivity index (χ2n) is 8.25. The Bertz CT molecular complexity index is 1220. The normalized spacial score (nSPS) is 11.3. The van der Waals surface area contributed by atoms with Crippen molar-refractivity contribution in [2.24, 2.45) is 5.41 Å². The molecule has 2 amide bonds. The maximum Gasteiger partial charge on any atom is 0.291 e. The summed E-state index contributed by atoms with van der Waals surface area (Å²) in [5.41, 5.74) is 2.18. The Kier molecular flexibility index (Phi) is 6.25. The number of hydrogen-bond donors (Lipinski definition) is 2. The van der Waals surface area contributed by atoms with Gasteiger partial charge < -0.3 is 15.1 Å². The number of nitrogens with one attached hydrogen (secondary N) is 2. The van der Waals surface area contributed by atoms with Crippen molar-refractivity contribution >= 4 is 40.2 Å². The second-order valence-corrected chi connectivity index (χ2v) is 10.3. The first-order valence-corrected chi connectivity index (χ1v) is 11.8. The fourth-order valence-electron chi connectivity index (χ4n) is 2.86. The van der Waals surface area contributed by atoms with Crippen LogP contribution in [0.25, 0.3) is 21.1 Å². The number of amides is 2. The van der Waals surface area contributed by atoms with Gasteiger partial charge in [0.05, 0.1) is 23.4 Å². The molecule has 4 rings (SSSR count). The van der Waals surface area contributed by atoms with Crippen LogP contribution < -0.4 is 10.6 Å². The lowest BCUT2D eigenvalue weighted by Crippen LogP contribution is -2.34. The monoisotopic (exact) mass is 465 g/mol. The van der Waals surface area contributed by atoms with Crippen LogP contribution in [-0.2, 0) is 11.3 Å². The van der Waals surface area contributed by atoms with Crippen LogP contribution in [0.2, 0.25) is 0 Å². The number of nitrogens with zero attached hydrogens (tertiary/aromatic N) is 1. The highest BCUT2D eigenvalue weighted by Gasteiger charge is 2.20. The third kappa shape index (κ3) is 5.15. The fourth-order valence-corrected chi connectivity index (χ4v) is 4.67. The first-order valence-electron chi connectivity index (χ1n) is 10.1. The van der Waals surface area contributed by atoms with Crippen molar-refractivity contribution in [2.75, 3.05) is 5.32 Å². The van der Waals surface area contributed by atoms with E-state index in [4.69, 9.17) is 9.40 Å². The van der Waals surface area contributed by atoms with Gasteiger partial charge in [0.2, 0.25) is 5.91 Å². The highest BCUT2D eigenvalue weighted by atomic mass is 32.1. The van der Waals surface area contributed by atoms with Crippen LogP contribution in [0.1, 0.15) is 36.2 Å². The Balaban J connectivity index is 1.40. The predicted octanol–water partition coefficient (Wildman–Crippen LogP) is 6.05. The highest BCUT2D eigenvalue weighted by molar-refractivity contribution is 7.16. The van der Waals surface area contributed by atoms with Gasteiger partial charge in [0, 0.05) is 26.9 Å². The quantitative estimate of drug-likeness (QED) is 0.363. The molecule has 0 bridgehead atoms. The van der Waals surface area contributed by atoms with Crippen LogP contribution in [0.15, 0.2) is 64.6 Å². The first-order chi connectivity index (χ1) is 15.3. The third-order valence-electron chi connectivity index (χ3n) is 4.66. The number of thiophene rings is 1. The van der Waals surface area contributed by atoms with E-state index in [9.17, 15) is 9.59 Å². The molecule has 0 aliphatic heterocycles. The average Bonchev–Trinajstić information content (AvgIpc) is 3.53. The van der Waals surface area contributed by atoms with Crippen molar-refractivity contribution in [3.05, 3.63) is 70.8 Å². The van der Waals surface area contributed by atoms with Gasteiger partial charge in [-0.2, -0.15) is 0 Å². The summed E-state index contributed by atoms with van der Waals surface area (Å²) in [5, 5.41) is 8.72. The molecule has 164 valence electrons. The van der Waals surface area contributed by atoms with E-state index >= 15 is 0 Å². The van der Waals surface area contributed by atoms with Crippen molar-refractivity contribution in [3.8, 4) is 21.1 Å². The Morgan fingerprint density at radius 3 is 2.53 bits per heavy atom. The summed E-state index contributed by atoms with van der Waals surface area (Å²) in [6.45, 7) is 6.22. The number of rotatable bonds is 6. The van der Waals surface area contributed by atoms with E-state index in [1.165, 1.54) is 6.26 Å². The van der Waals surface area contributed by atoms with E-state index in [0.717, 1.165) is 26.0 Å². The molecule has 6 nitrogen and oxygen atoms in total. The number of aromatic nitrogens is 1. The number of furan rings is 1. The Labute approximate surface area is 194 Å². The Hall–Kier alpha value is -3.23. The molecule has 0 aliphatic carbocycles. The van der Waals surface area contributed by atoms with Gasteiger partial charge in [-0.25, -0.2) is 4.98 Å². The van der Waals surface area contributed by atoms with Gasteiger partial charge in [0.1, 0.15) is 5.01 Å². The van der Waals surface area contributed by atoms with Gasteiger partial charge in [-0.15, -0.1) is 22.7 Å². The van der Waals surface area contributed by atoms with E-state index in [-0.39, 0.29) is 17.6 Å². The van der Waals surface area contributed by atoms with E-state index in [0.29, 0.717) is 12.2 Å². The SMILES string of the molecule is CC(C)(C)C(=O)NCc1ccc(-c2csc(-c3ccc(NC(=O)c4ccco4)cc3)n2)s1. The van der Waals surface area contributed by atoms with E-state index in [1.807, 2.05) is 62.5 Å². The summed E-state index contributed by atoms with van der Waals surface area (Å²) in [7, 11) is 0.